The average molecular weight is 342 g/mol. The molecule has 0 fully saturated rings. The number of nitrogens with one attached hydrogen (secondary N) is 1. The number of rotatable bonds is 7. The highest BCUT2D eigenvalue weighted by Crippen LogP contribution is 2.29. The Morgan fingerprint density at radius 1 is 1.40 bits per heavy atom. The van der Waals surface area contributed by atoms with E-state index in [0.717, 1.165) is 16.6 Å². The van der Waals surface area contributed by atoms with Crippen molar-refractivity contribution in [2.24, 2.45) is 5.73 Å². The van der Waals surface area contributed by atoms with Gasteiger partial charge in [0, 0.05) is 17.1 Å². The van der Waals surface area contributed by atoms with Crippen LogP contribution in [0.15, 0.2) is 28.7 Å². The van der Waals surface area contributed by atoms with Crippen LogP contribution in [0.5, 0.6) is 0 Å². The van der Waals surface area contributed by atoms with Gasteiger partial charge >= 0.3 is 0 Å². The molecule has 0 saturated heterocycles. The minimum absolute atomic E-state index is 0.0122. The monoisotopic (exact) mass is 341 g/mol. The molecule has 3 N–H and O–H groups in total. The van der Waals surface area contributed by atoms with Crippen molar-refractivity contribution >= 4 is 21.8 Å². The van der Waals surface area contributed by atoms with E-state index in [0.29, 0.717) is 13.1 Å². The first-order valence-corrected chi connectivity index (χ1v) is 7.81. The highest BCUT2D eigenvalue weighted by Gasteiger charge is 2.26. The van der Waals surface area contributed by atoms with E-state index in [2.05, 4.69) is 32.2 Å². The Hall–Kier alpha value is -0.910. The summed E-state index contributed by atoms with van der Waals surface area (Å²) in [6, 6.07) is 7.98. The molecule has 0 aliphatic carbocycles. The second kappa shape index (κ2) is 8.39. The van der Waals surface area contributed by atoms with E-state index in [1.54, 1.807) is 0 Å². The number of nitrogens with two attached hydrogens (primary N) is 1. The smallest absolute Gasteiger partial charge is 0.234 e. The van der Waals surface area contributed by atoms with E-state index in [4.69, 9.17) is 5.73 Å². The summed E-state index contributed by atoms with van der Waals surface area (Å²) in [4.78, 5) is 14.0. The number of amides is 1. The molecule has 0 saturated carbocycles. The lowest BCUT2D eigenvalue weighted by atomic mass is 9.99. The number of hydrogen-bond acceptors (Lipinski definition) is 3. The van der Waals surface area contributed by atoms with Gasteiger partial charge in [-0.1, -0.05) is 41.1 Å². The molecule has 1 aromatic rings. The van der Waals surface area contributed by atoms with Crippen LogP contribution in [0.2, 0.25) is 0 Å². The van der Waals surface area contributed by atoms with Gasteiger partial charge in [0.15, 0.2) is 0 Å². The number of carbonyl (C=O) groups excluding carboxylic acids is 1. The largest absolute Gasteiger partial charge is 0.355 e. The van der Waals surface area contributed by atoms with Crippen LogP contribution in [-0.2, 0) is 4.79 Å². The van der Waals surface area contributed by atoms with Crippen molar-refractivity contribution < 1.29 is 4.79 Å². The topological polar surface area (TPSA) is 58.4 Å². The summed E-state index contributed by atoms with van der Waals surface area (Å²) < 4.78 is 1.02. The maximum atomic E-state index is 11.9. The van der Waals surface area contributed by atoms with Crippen molar-refractivity contribution in [2.75, 3.05) is 19.6 Å². The third-order valence-corrected chi connectivity index (χ3v) is 3.96. The summed E-state index contributed by atoms with van der Waals surface area (Å²) in [5, 5.41) is 2.84. The summed E-state index contributed by atoms with van der Waals surface area (Å²) in [5.41, 5.74) is 7.29. The third-order valence-electron chi connectivity index (χ3n) is 3.24. The lowest BCUT2D eigenvalue weighted by molar-refractivity contribution is -0.122. The molecule has 2 unspecified atom stereocenters. The Morgan fingerprint density at radius 2 is 2.05 bits per heavy atom. The van der Waals surface area contributed by atoms with Gasteiger partial charge in [-0.05, 0) is 32.0 Å². The zero-order chi connectivity index (χ0) is 15.1. The van der Waals surface area contributed by atoms with Gasteiger partial charge in [0.1, 0.15) is 0 Å². The Labute approximate surface area is 129 Å². The minimum atomic E-state index is -0.0666. The molecule has 0 bridgehead atoms. The first-order valence-electron chi connectivity index (χ1n) is 7.02. The molecule has 0 radical (unpaired) electrons. The lowest BCUT2D eigenvalue weighted by Gasteiger charge is -2.34. The standard InChI is InChI=1S/C15H24BrN3O/c1-4-18-14(20)10-19(5-2)15(11(3)17)12-8-6-7-9-13(12)16/h6-9,11,15H,4-5,10,17H2,1-3H3,(H,18,20). The third kappa shape index (κ3) is 4.58. The van der Waals surface area contributed by atoms with Crippen LogP contribution in [0.25, 0.3) is 0 Å². The minimum Gasteiger partial charge on any atom is -0.355 e. The van der Waals surface area contributed by atoms with Crippen LogP contribution in [0.3, 0.4) is 0 Å². The molecule has 2 atom stereocenters. The highest BCUT2D eigenvalue weighted by molar-refractivity contribution is 9.10. The van der Waals surface area contributed by atoms with Crippen LogP contribution < -0.4 is 11.1 Å². The predicted molar refractivity (Wildman–Crippen MR) is 86.5 cm³/mol. The van der Waals surface area contributed by atoms with Gasteiger partial charge in [0.2, 0.25) is 5.91 Å². The molecule has 0 spiro atoms. The van der Waals surface area contributed by atoms with Crippen molar-refractivity contribution in [1.82, 2.24) is 10.2 Å². The maximum absolute atomic E-state index is 11.9. The fourth-order valence-electron chi connectivity index (χ4n) is 2.37. The van der Waals surface area contributed by atoms with Crippen molar-refractivity contribution in [1.29, 1.82) is 0 Å². The second-order valence-electron chi connectivity index (χ2n) is 4.84. The molecule has 112 valence electrons. The molecule has 1 aromatic carbocycles. The number of likely N-dealkylation sites (N-methyl/N-ethyl adjacent to an activating group) is 2. The van der Waals surface area contributed by atoms with E-state index < -0.39 is 0 Å². The van der Waals surface area contributed by atoms with Gasteiger partial charge in [-0.2, -0.15) is 0 Å². The van der Waals surface area contributed by atoms with Gasteiger partial charge < -0.3 is 11.1 Å². The van der Waals surface area contributed by atoms with Gasteiger partial charge in [-0.25, -0.2) is 0 Å². The highest BCUT2D eigenvalue weighted by atomic mass is 79.9. The van der Waals surface area contributed by atoms with E-state index in [9.17, 15) is 4.79 Å². The molecule has 4 nitrogen and oxygen atoms in total. The summed E-state index contributed by atoms with van der Waals surface area (Å²) in [6.07, 6.45) is 0. The second-order valence-corrected chi connectivity index (χ2v) is 5.70. The molecule has 0 heterocycles. The molecule has 20 heavy (non-hydrogen) atoms. The van der Waals surface area contributed by atoms with Crippen LogP contribution in [0.4, 0.5) is 0 Å². The van der Waals surface area contributed by atoms with E-state index in [1.807, 2.05) is 39.0 Å². The molecular weight excluding hydrogens is 318 g/mol. The fourth-order valence-corrected chi connectivity index (χ4v) is 2.89. The number of halogens is 1. The molecule has 5 heteroatoms. The van der Waals surface area contributed by atoms with E-state index >= 15 is 0 Å². The van der Waals surface area contributed by atoms with Crippen LogP contribution >= 0.6 is 15.9 Å². The van der Waals surface area contributed by atoms with E-state index in [-0.39, 0.29) is 18.0 Å². The Bertz CT molecular complexity index is 437. The van der Waals surface area contributed by atoms with Crippen molar-refractivity contribution in [3.63, 3.8) is 0 Å². The molecule has 1 rings (SSSR count). The molecule has 0 aliphatic rings. The molecule has 0 aliphatic heterocycles. The summed E-state index contributed by atoms with van der Waals surface area (Å²) in [6.45, 7) is 7.72. The quantitative estimate of drug-likeness (QED) is 0.799. The van der Waals surface area contributed by atoms with Crippen LogP contribution in [0, 0.1) is 0 Å². The van der Waals surface area contributed by atoms with Crippen molar-refractivity contribution in [3.8, 4) is 0 Å². The van der Waals surface area contributed by atoms with Gasteiger partial charge in [0.05, 0.1) is 12.6 Å². The predicted octanol–water partition coefficient (Wildman–Crippen LogP) is 2.30. The zero-order valence-electron chi connectivity index (χ0n) is 12.4. The summed E-state index contributed by atoms with van der Waals surface area (Å²) in [7, 11) is 0. The first-order chi connectivity index (χ1) is 9.51. The van der Waals surface area contributed by atoms with Gasteiger partial charge in [0.25, 0.3) is 0 Å². The van der Waals surface area contributed by atoms with E-state index in [1.165, 1.54) is 0 Å². The van der Waals surface area contributed by atoms with Crippen LogP contribution in [0.1, 0.15) is 32.4 Å². The Balaban J connectivity index is 2.99. The summed E-state index contributed by atoms with van der Waals surface area (Å²) >= 11 is 3.58. The first kappa shape index (κ1) is 17.1. The Kier molecular flexibility index (Phi) is 7.19. The zero-order valence-corrected chi connectivity index (χ0v) is 14.0. The molecule has 0 aromatic heterocycles. The fraction of sp³-hybridized carbons (Fsp3) is 0.533. The van der Waals surface area contributed by atoms with Crippen molar-refractivity contribution in [2.45, 2.75) is 32.9 Å². The number of carbonyl (C=O) groups is 1. The van der Waals surface area contributed by atoms with Gasteiger partial charge in [-0.15, -0.1) is 0 Å². The van der Waals surface area contributed by atoms with Crippen molar-refractivity contribution in [3.05, 3.63) is 34.3 Å². The normalized spacial score (nSPS) is 14.1. The molecule has 1 amide bonds. The average Bonchev–Trinajstić information content (AvgIpc) is 2.40. The Morgan fingerprint density at radius 3 is 2.55 bits per heavy atom. The van der Waals surface area contributed by atoms with Gasteiger partial charge in [-0.3, -0.25) is 9.69 Å². The number of hydrogen-bond donors (Lipinski definition) is 2. The number of nitrogens with zero attached hydrogens (tertiary/aromatic N) is 1. The van der Waals surface area contributed by atoms with Crippen LogP contribution in [-0.4, -0.2) is 36.5 Å². The maximum Gasteiger partial charge on any atom is 0.234 e. The number of benzene rings is 1. The SMILES string of the molecule is CCNC(=O)CN(CC)C(c1ccccc1Br)C(C)N. The molecular formula is C15H24BrN3O. The summed E-state index contributed by atoms with van der Waals surface area (Å²) in [5.74, 6) is 0.0343. The lowest BCUT2D eigenvalue weighted by Crippen LogP contribution is -2.44.